The Bertz CT molecular complexity index is 1130. The molecule has 158 valence electrons. The van der Waals surface area contributed by atoms with Gasteiger partial charge in [-0.25, -0.2) is 4.79 Å². The van der Waals surface area contributed by atoms with E-state index >= 15 is 0 Å². The Balaban J connectivity index is 1.57. The van der Waals surface area contributed by atoms with E-state index in [2.05, 4.69) is 10.3 Å². The lowest BCUT2D eigenvalue weighted by molar-refractivity contribution is -0.121. The van der Waals surface area contributed by atoms with Gasteiger partial charge in [0.2, 0.25) is 5.91 Å². The van der Waals surface area contributed by atoms with Crippen molar-refractivity contribution >= 4 is 16.8 Å². The summed E-state index contributed by atoms with van der Waals surface area (Å²) in [7, 11) is 3.97. The molecular formula is C22H26N4O4. The van der Waals surface area contributed by atoms with Crippen molar-refractivity contribution in [3.63, 3.8) is 0 Å². The third-order valence-electron chi connectivity index (χ3n) is 4.66. The molecule has 0 saturated carbocycles. The average molecular weight is 410 g/mol. The minimum Gasteiger partial charge on any atom is -0.492 e. The van der Waals surface area contributed by atoms with Crippen LogP contribution in [0.4, 0.5) is 0 Å². The van der Waals surface area contributed by atoms with Crippen LogP contribution in [0.15, 0.2) is 58.1 Å². The zero-order valence-electron chi connectivity index (χ0n) is 17.2. The van der Waals surface area contributed by atoms with E-state index in [4.69, 9.17) is 4.74 Å². The first-order valence-electron chi connectivity index (χ1n) is 9.79. The van der Waals surface area contributed by atoms with E-state index in [1.165, 1.54) is 4.57 Å². The fourth-order valence-electron chi connectivity index (χ4n) is 3.06. The standard InChI is InChI=1S/C22H26N4O4/c1-25(2)12-13-30-17-7-5-6-16(14-17)15-23-20(27)10-11-26-19-9-4-3-8-18(19)21(28)24-22(26)29/h3-9,14H,10-13,15H2,1-2H3,(H,23,27)(H,24,28,29). The predicted octanol–water partition coefficient (Wildman–Crippen LogP) is 1.34. The van der Waals surface area contributed by atoms with Crippen molar-refractivity contribution in [3.8, 4) is 5.75 Å². The molecule has 0 saturated heterocycles. The summed E-state index contributed by atoms with van der Waals surface area (Å²) < 4.78 is 7.12. The average Bonchev–Trinajstić information content (AvgIpc) is 2.72. The van der Waals surface area contributed by atoms with Gasteiger partial charge in [-0.1, -0.05) is 24.3 Å². The van der Waals surface area contributed by atoms with Crippen molar-refractivity contribution in [2.75, 3.05) is 27.2 Å². The fraction of sp³-hybridized carbons (Fsp3) is 0.318. The first-order valence-corrected chi connectivity index (χ1v) is 9.79. The fourth-order valence-corrected chi connectivity index (χ4v) is 3.06. The highest BCUT2D eigenvalue weighted by Gasteiger charge is 2.09. The third kappa shape index (κ3) is 5.57. The third-order valence-corrected chi connectivity index (χ3v) is 4.66. The van der Waals surface area contributed by atoms with Gasteiger partial charge < -0.3 is 15.0 Å². The summed E-state index contributed by atoms with van der Waals surface area (Å²) in [6, 6.07) is 14.4. The van der Waals surface area contributed by atoms with Crippen LogP contribution in [-0.2, 0) is 17.9 Å². The normalized spacial score (nSPS) is 11.0. The van der Waals surface area contributed by atoms with Gasteiger partial charge in [-0.15, -0.1) is 0 Å². The van der Waals surface area contributed by atoms with E-state index in [0.717, 1.165) is 17.9 Å². The number of carbonyl (C=O) groups excluding carboxylic acids is 1. The lowest BCUT2D eigenvalue weighted by atomic mass is 10.2. The van der Waals surface area contributed by atoms with E-state index in [1.807, 2.05) is 43.3 Å². The van der Waals surface area contributed by atoms with Crippen molar-refractivity contribution in [2.45, 2.75) is 19.5 Å². The number of hydrogen-bond donors (Lipinski definition) is 2. The number of aryl methyl sites for hydroxylation is 1. The summed E-state index contributed by atoms with van der Waals surface area (Å²) in [5, 5.41) is 3.28. The molecule has 1 amide bonds. The van der Waals surface area contributed by atoms with Gasteiger partial charge in [0.05, 0.1) is 10.9 Å². The molecule has 0 spiro atoms. The Hall–Kier alpha value is -3.39. The molecular weight excluding hydrogens is 384 g/mol. The van der Waals surface area contributed by atoms with Gasteiger partial charge in [0.15, 0.2) is 0 Å². The van der Waals surface area contributed by atoms with Crippen molar-refractivity contribution in [1.82, 2.24) is 19.8 Å². The molecule has 2 aromatic carbocycles. The molecule has 8 nitrogen and oxygen atoms in total. The van der Waals surface area contributed by atoms with E-state index in [1.54, 1.807) is 24.3 Å². The molecule has 3 rings (SSSR count). The highest BCUT2D eigenvalue weighted by atomic mass is 16.5. The number of rotatable bonds is 9. The van der Waals surface area contributed by atoms with Crippen LogP contribution >= 0.6 is 0 Å². The van der Waals surface area contributed by atoms with Gasteiger partial charge in [0, 0.05) is 26.1 Å². The Labute approximate surface area is 174 Å². The lowest BCUT2D eigenvalue weighted by Gasteiger charge is -2.12. The van der Waals surface area contributed by atoms with Crippen LogP contribution in [0, 0.1) is 0 Å². The lowest BCUT2D eigenvalue weighted by Crippen LogP contribution is -2.32. The molecule has 0 atom stereocenters. The molecule has 0 unspecified atom stereocenters. The van der Waals surface area contributed by atoms with Gasteiger partial charge >= 0.3 is 5.69 Å². The smallest absolute Gasteiger partial charge is 0.328 e. The molecule has 0 radical (unpaired) electrons. The summed E-state index contributed by atoms with van der Waals surface area (Å²) >= 11 is 0. The Morgan fingerprint density at radius 2 is 1.93 bits per heavy atom. The number of para-hydroxylation sites is 1. The maximum atomic E-state index is 12.3. The summed E-state index contributed by atoms with van der Waals surface area (Å²) in [5.74, 6) is 0.575. The number of fused-ring (bicyclic) bond motifs is 1. The number of nitrogens with one attached hydrogen (secondary N) is 2. The number of likely N-dealkylation sites (N-methyl/N-ethyl adjacent to an activating group) is 1. The first-order chi connectivity index (χ1) is 14.4. The largest absolute Gasteiger partial charge is 0.492 e. The second-order valence-electron chi connectivity index (χ2n) is 7.25. The number of aromatic amines is 1. The van der Waals surface area contributed by atoms with Crippen LogP contribution in [0.25, 0.3) is 10.9 Å². The maximum absolute atomic E-state index is 12.3. The zero-order chi connectivity index (χ0) is 21.5. The van der Waals surface area contributed by atoms with Gasteiger partial charge in [-0.05, 0) is 43.9 Å². The molecule has 1 heterocycles. The number of aromatic nitrogens is 2. The predicted molar refractivity (Wildman–Crippen MR) is 116 cm³/mol. The Morgan fingerprint density at radius 3 is 2.73 bits per heavy atom. The summed E-state index contributed by atoms with van der Waals surface area (Å²) in [6.45, 7) is 1.95. The number of ether oxygens (including phenoxy) is 1. The molecule has 0 fully saturated rings. The number of amides is 1. The highest BCUT2D eigenvalue weighted by Crippen LogP contribution is 2.13. The molecule has 2 N–H and O–H groups in total. The van der Waals surface area contributed by atoms with Crippen LogP contribution in [0.2, 0.25) is 0 Å². The topological polar surface area (TPSA) is 96.4 Å². The summed E-state index contributed by atoms with van der Waals surface area (Å²) in [6.07, 6.45) is 0.120. The van der Waals surface area contributed by atoms with Gasteiger partial charge in [-0.2, -0.15) is 0 Å². The minimum atomic E-state index is -0.519. The van der Waals surface area contributed by atoms with Crippen molar-refractivity contribution < 1.29 is 9.53 Å². The zero-order valence-corrected chi connectivity index (χ0v) is 17.2. The minimum absolute atomic E-state index is 0.120. The Kier molecular flexibility index (Phi) is 7.03. The van der Waals surface area contributed by atoms with Crippen LogP contribution in [0.3, 0.4) is 0 Å². The molecule has 8 heteroatoms. The first kappa shape index (κ1) is 21.3. The second kappa shape index (κ2) is 9.89. The van der Waals surface area contributed by atoms with E-state index in [9.17, 15) is 14.4 Å². The monoisotopic (exact) mass is 410 g/mol. The number of nitrogens with zero attached hydrogens (tertiary/aromatic N) is 2. The van der Waals surface area contributed by atoms with E-state index in [0.29, 0.717) is 24.1 Å². The van der Waals surface area contributed by atoms with Crippen LogP contribution in [0.1, 0.15) is 12.0 Å². The van der Waals surface area contributed by atoms with Crippen molar-refractivity contribution in [1.29, 1.82) is 0 Å². The van der Waals surface area contributed by atoms with Gasteiger partial charge in [0.25, 0.3) is 5.56 Å². The van der Waals surface area contributed by atoms with E-state index < -0.39 is 11.2 Å². The molecule has 1 aromatic heterocycles. The highest BCUT2D eigenvalue weighted by molar-refractivity contribution is 5.78. The van der Waals surface area contributed by atoms with Gasteiger partial charge in [-0.3, -0.25) is 19.1 Å². The quantitative estimate of drug-likeness (QED) is 0.555. The van der Waals surface area contributed by atoms with Crippen molar-refractivity contribution in [3.05, 3.63) is 74.9 Å². The molecule has 0 bridgehead atoms. The SMILES string of the molecule is CN(C)CCOc1cccc(CNC(=O)CCn2c(=O)[nH]c(=O)c3ccccc32)c1. The number of carbonyl (C=O) groups is 1. The van der Waals surface area contributed by atoms with Crippen LogP contribution < -0.4 is 21.3 Å². The van der Waals surface area contributed by atoms with Crippen molar-refractivity contribution in [2.24, 2.45) is 0 Å². The second-order valence-corrected chi connectivity index (χ2v) is 7.25. The van der Waals surface area contributed by atoms with Gasteiger partial charge in [0.1, 0.15) is 12.4 Å². The maximum Gasteiger partial charge on any atom is 0.328 e. The molecule has 0 aliphatic heterocycles. The van der Waals surface area contributed by atoms with Crippen LogP contribution in [-0.4, -0.2) is 47.6 Å². The van der Waals surface area contributed by atoms with E-state index in [-0.39, 0.29) is 18.9 Å². The molecule has 3 aromatic rings. The molecule has 0 aliphatic rings. The number of hydrogen-bond acceptors (Lipinski definition) is 5. The molecule has 30 heavy (non-hydrogen) atoms. The summed E-state index contributed by atoms with van der Waals surface area (Å²) in [4.78, 5) is 40.7. The Morgan fingerprint density at radius 1 is 1.13 bits per heavy atom. The molecule has 0 aliphatic carbocycles. The summed E-state index contributed by atoms with van der Waals surface area (Å²) in [5.41, 5.74) is 0.497. The number of benzene rings is 2. The number of H-pyrrole nitrogens is 1. The van der Waals surface area contributed by atoms with Crippen LogP contribution in [0.5, 0.6) is 5.75 Å².